The highest BCUT2D eigenvalue weighted by molar-refractivity contribution is 7.42. The van der Waals surface area contributed by atoms with Crippen LogP contribution in [0.5, 0.6) is 11.5 Å². The molecule has 0 radical (unpaired) electrons. The molecule has 0 saturated carbocycles. The molecular formula is C55H98O6P2. The van der Waals surface area contributed by atoms with E-state index in [9.17, 15) is 0 Å². The zero-order valence-electron chi connectivity index (χ0n) is 41.9. The molecule has 0 aliphatic heterocycles. The van der Waals surface area contributed by atoms with E-state index >= 15 is 0 Å². The SMILES string of the molecule is CCCCCCCCCCOP(OCCCCCCCCCC)Oc1ccc(C(C)(C)c2ccc(OP(OCCCCCCCCCC)OCCCCCCCCCC)cc2)cc1. The summed E-state index contributed by atoms with van der Waals surface area (Å²) >= 11 is 0. The predicted molar refractivity (Wildman–Crippen MR) is 274 cm³/mol. The lowest BCUT2D eigenvalue weighted by Gasteiger charge is -2.27. The summed E-state index contributed by atoms with van der Waals surface area (Å²) in [5.41, 5.74) is 2.22. The van der Waals surface area contributed by atoms with Crippen molar-refractivity contribution in [3.8, 4) is 11.5 Å². The molecule has 2 aromatic carbocycles. The summed E-state index contributed by atoms with van der Waals surface area (Å²) in [4.78, 5) is 0. The molecule has 0 unspecified atom stereocenters. The van der Waals surface area contributed by atoms with Crippen LogP contribution in [0.4, 0.5) is 0 Å². The third-order valence-electron chi connectivity index (χ3n) is 12.3. The van der Waals surface area contributed by atoms with Gasteiger partial charge in [0.1, 0.15) is 11.5 Å². The predicted octanol–water partition coefficient (Wildman–Crippen LogP) is 19.9. The number of hydrogen-bond donors (Lipinski definition) is 0. The minimum Gasteiger partial charge on any atom is -0.427 e. The Morgan fingerprint density at radius 2 is 0.508 bits per heavy atom. The molecule has 2 aromatic rings. The van der Waals surface area contributed by atoms with Crippen LogP contribution < -0.4 is 9.05 Å². The summed E-state index contributed by atoms with van der Waals surface area (Å²) in [5, 5.41) is 0. The Morgan fingerprint density at radius 1 is 0.302 bits per heavy atom. The zero-order valence-corrected chi connectivity index (χ0v) is 43.7. The molecule has 0 fully saturated rings. The Morgan fingerprint density at radius 3 is 0.730 bits per heavy atom. The van der Waals surface area contributed by atoms with Crippen molar-refractivity contribution in [3.63, 3.8) is 0 Å². The van der Waals surface area contributed by atoms with Crippen LogP contribution in [-0.4, -0.2) is 26.4 Å². The molecule has 0 amide bonds. The average Bonchev–Trinajstić information content (AvgIpc) is 3.29. The molecule has 0 aliphatic rings. The smallest absolute Gasteiger partial charge is 0.397 e. The maximum atomic E-state index is 6.40. The van der Waals surface area contributed by atoms with E-state index in [0.29, 0.717) is 26.4 Å². The van der Waals surface area contributed by atoms with Crippen molar-refractivity contribution in [1.82, 2.24) is 0 Å². The summed E-state index contributed by atoms with van der Waals surface area (Å²) in [5.74, 6) is 1.59. The van der Waals surface area contributed by atoms with Crippen molar-refractivity contribution in [3.05, 3.63) is 59.7 Å². The molecule has 8 heteroatoms. The Hall–Kier alpha value is -1.26. The molecule has 0 aromatic heterocycles. The highest BCUT2D eigenvalue weighted by Crippen LogP contribution is 2.44. The summed E-state index contributed by atoms with van der Waals surface area (Å²) in [6, 6.07) is 17.0. The quantitative estimate of drug-likeness (QED) is 0.0487. The molecule has 364 valence electrons. The van der Waals surface area contributed by atoms with E-state index in [2.05, 4.69) is 90.1 Å². The molecule has 0 bridgehead atoms. The molecule has 0 N–H and O–H groups in total. The Bertz CT molecular complexity index is 1120. The lowest BCUT2D eigenvalue weighted by atomic mass is 9.78. The molecule has 0 spiro atoms. The maximum Gasteiger partial charge on any atom is 0.397 e. The van der Waals surface area contributed by atoms with Crippen LogP contribution in [0.3, 0.4) is 0 Å². The van der Waals surface area contributed by atoms with Crippen LogP contribution in [0.25, 0.3) is 0 Å². The second-order valence-corrected chi connectivity index (χ2v) is 20.8. The van der Waals surface area contributed by atoms with Gasteiger partial charge in [0.2, 0.25) is 0 Å². The first-order valence-electron chi connectivity index (χ1n) is 26.6. The first-order chi connectivity index (χ1) is 30.9. The van der Waals surface area contributed by atoms with Crippen LogP contribution in [0.1, 0.15) is 258 Å². The van der Waals surface area contributed by atoms with Crippen LogP contribution in [0, 0.1) is 0 Å². The van der Waals surface area contributed by atoms with Gasteiger partial charge in [-0.2, -0.15) is 0 Å². The standard InChI is InChI=1S/C55H98O6P2/c1-7-11-15-19-23-27-31-35-47-56-62(57-48-36-32-28-24-20-16-12-8-2)60-53-43-39-51(40-44-53)55(5,6)52-41-45-54(46-42-52)61-63(58-49-37-33-29-25-21-17-13-9-3)59-50-38-34-30-26-22-18-14-10-4/h39-46H,7-38,47-50H2,1-6H3. The van der Waals surface area contributed by atoms with Gasteiger partial charge >= 0.3 is 17.2 Å². The first-order valence-corrected chi connectivity index (χ1v) is 28.8. The fourth-order valence-corrected chi connectivity index (χ4v) is 9.94. The van der Waals surface area contributed by atoms with Gasteiger partial charge in [0.15, 0.2) is 0 Å². The van der Waals surface area contributed by atoms with E-state index in [-0.39, 0.29) is 5.41 Å². The Labute approximate surface area is 392 Å². The van der Waals surface area contributed by atoms with Gasteiger partial charge in [0.25, 0.3) is 0 Å². The summed E-state index contributed by atoms with van der Waals surface area (Å²) in [6.45, 7) is 16.4. The van der Waals surface area contributed by atoms with Gasteiger partial charge in [0.05, 0.1) is 26.4 Å². The fourth-order valence-electron chi connectivity index (χ4n) is 7.88. The molecule has 63 heavy (non-hydrogen) atoms. The Kier molecular flexibility index (Phi) is 37.6. The van der Waals surface area contributed by atoms with E-state index in [4.69, 9.17) is 27.1 Å². The molecule has 0 aliphatic carbocycles. The largest absolute Gasteiger partial charge is 0.427 e. The van der Waals surface area contributed by atoms with Gasteiger partial charge in [-0.3, -0.25) is 0 Å². The molecule has 2 rings (SSSR count). The van der Waals surface area contributed by atoms with Gasteiger partial charge in [-0.25, -0.2) is 0 Å². The van der Waals surface area contributed by atoms with E-state index in [1.54, 1.807) is 0 Å². The zero-order chi connectivity index (χ0) is 45.3. The minimum absolute atomic E-state index is 0.216. The molecule has 0 atom stereocenters. The highest BCUT2D eigenvalue weighted by Gasteiger charge is 2.24. The summed E-state index contributed by atoms with van der Waals surface area (Å²) in [6.07, 6.45) is 40.9. The van der Waals surface area contributed by atoms with Crippen molar-refractivity contribution in [2.75, 3.05) is 26.4 Å². The van der Waals surface area contributed by atoms with E-state index < -0.39 is 17.2 Å². The molecule has 0 heterocycles. The highest BCUT2D eigenvalue weighted by atomic mass is 31.2. The van der Waals surface area contributed by atoms with E-state index in [1.807, 2.05) is 0 Å². The second kappa shape index (κ2) is 41.0. The number of unbranched alkanes of at least 4 members (excludes halogenated alkanes) is 28. The van der Waals surface area contributed by atoms with Gasteiger partial charge in [-0.05, 0) is 61.1 Å². The first kappa shape index (κ1) is 57.9. The van der Waals surface area contributed by atoms with Gasteiger partial charge < -0.3 is 27.1 Å². The maximum absolute atomic E-state index is 6.40. The third-order valence-corrected chi connectivity index (χ3v) is 14.6. The summed E-state index contributed by atoms with van der Waals surface area (Å²) < 4.78 is 37.9. The van der Waals surface area contributed by atoms with E-state index in [1.165, 1.54) is 191 Å². The number of rotatable bonds is 46. The molecule has 0 saturated heterocycles. The van der Waals surface area contributed by atoms with Gasteiger partial charge in [-0.15, -0.1) is 0 Å². The minimum atomic E-state index is -1.45. The van der Waals surface area contributed by atoms with Crippen LogP contribution in [0.15, 0.2) is 48.5 Å². The van der Waals surface area contributed by atoms with Gasteiger partial charge in [0, 0.05) is 5.41 Å². The van der Waals surface area contributed by atoms with Crippen LogP contribution in [0.2, 0.25) is 0 Å². The van der Waals surface area contributed by atoms with Crippen molar-refractivity contribution in [1.29, 1.82) is 0 Å². The van der Waals surface area contributed by atoms with Crippen molar-refractivity contribution in [2.24, 2.45) is 0 Å². The normalized spacial score (nSPS) is 11.9. The van der Waals surface area contributed by atoms with Crippen molar-refractivity contribution in [2.45, 2.75) is 252 Å². The van der Waals surface area contributed by atoms with Crippen molar-refractivity contribution >= 4 is 17.2 Å². The monoisotopic (exact) mass is 917 g/mol. The Balaban J connectivity index is 1.94. The second-order valence-electron chi connectivity index (χ2n) is 18.5. The number of benzene rings is 2. The lowest BCUT2D eigenvalue weighted by molar-refractivity contribution is 0.198. The third kappa shape index (κ3) is 30.6. The van der Waals surface area contributed by atoms with E-state index in [0.717, 1.165) is 37.2 Å². The molecule has 6 nitrogen and oxygen atoms in total. The van der Waals surface area contributed by atoms with Crippen LogP contribution in [-0.2, 0) is 23.5 Å². The fraction of sp³-hybridized carbons (Fsp3) is 0.782. The van der Waals surface area contributed by atoms with Crippen molar-refractivity contribution < 1.29 is 27.1 Å². The van der Waals surface area contributed by atoms with Crippen LogP contribution >= 0.6 is 17.2 Å². The topological polar surface area (TPSA) is 55.4 Å². The lowest BCUT2D eigenvalue weighted by Crippen LogP contribution is -2.18. The van der Waals surface area contributed by atoms with Gasteiger partial charge in [-0.1, -0.05) is 246 Å². The molecular weight excluding hydrogens is 819 g/mol. The number of hydrogen-bond acceptors (Lipinski definition) is 6. The summed E-state index contributed by atoms with van der Waals surface area (Å²) in [7, 11) is -2.90. The average molecular weight is 917 g/mol.